The van der Waals surface area contributed by atoms with Crippen LogP contribution in [0.15, 0.2) is 30.7 Å². The van der Waals surface area contributed by atoms with Gasteiger partial charge < -0.3 is 14.0 Å². The van der Waals surface area contributed by atoms with E-state index in [2.05, 4.69) is 20.5 Å². The van der Waals surface area contributed by atoms with Gasteiger partial charge in [0.15, 0.2) is 11.5 Å². The van der Waals surface area contributed by atoms with E-state index in [9.17, 15) is 0 Å². The molecule has 0 saturated carbocycles. The minimum atomic E-state index is 0.485. The first-order valence-corrected chi connectivity index (χ1v) is 7.61. The molecule has 0 radical (unpaired) electrons. The normalized spacial score (nSPS) is 18.6. The van der Waals surface area contributed by atoms with Crippen molar-refractivity contribution in [3.63, 3.8) is 0 Å². The number of ether oxygens (including phenoxy) is 2. The lowest BCUT2D eigenvalue weighted by Crippen LogP contribution is -2.21. The molecule has 0 aliphatic carbocycles. The molecule has 0 spiro atoms. The summed E-state index contributed by atoms with van der Waals surface area (Å²) in [6.45, 7) is 3.07. The maximum atomic E-state index is 5.58. The Morgan fingerprint density at radius 1 is 1.27 bits per heavy atom. The van der Waals surface area contributed by atoms with Crippen molar-refractivity contribution in [3.05, 3.63) is 42.0 Å². The standard InChI is InChI=1S/C17H23N3O2/c1-19-12-18-9-14(19)11-20-8-7-13(10-20)15-5-4-6-16(21-2)17(15)22-3/h4-6,9,12-13H,7-8,10-11H2,1-3H3/t13-/m1/s1. The van der Waals surface area contributed by atoms with E-state index in [1.807, 2.05) is 31.7 Å². The van der Waals surface area contributed by atoms with Gasteiger partial charge in [-0.1, -0.05) is 12.1 Å². The monoisotopic (exact) mass is 301 g/mol. The van der Waals surface area contributed by atoms with Crippen molar-refractivity contribution in [2.75, 3.05) is 27.3 Å². The Kier molecular flexibility index (Phi) is 4.34. The van der Waals surface area contributed by atoms with Crippen molar-refractivity contribution < 1.29 is 9.47 Å². The molecule has 0 N–H and O–H groups in total. The minimum Gasteiger partial charge on any atom is -0.493 e. The number of benzene rings is 1. The van der Waals surface area contributed by atoms with Crippen LogP contribution in [0.5, 0.6) is 11.5 Å². The molecule has 118 valence electrons. The van der Waals surface area contributed by atoms with Crippen LogP contribution >= 0.6 is 0 Å². The molecular formula is C17H23N3O2. The van der Waals surface area contributed by atoms with Gasteiger partial charge in [-0.05, 0) is 19.0 Å². The van der Waals surface area contributed by atoms with Crippen LogP contribution in [0.25, 0.3) is 0 Å². The summed E-state index contributed by atoms with van der Waals surface area (Å²) in [6, 6.07) is 6.14. The van der Waals surface area contributed by atoms with Crippen LogP contribution in [0.2, 0.25) is 0 Å². The molecule has 0 amide bonds. The third-order valence-electron chi connectivity index (χ3n) is 4.45. The molecule has 1 aromatic heterocycles. The number of methoxy groups -OCH3 is 2. The Labute approximate surface area is 131 Å². The molecule has 0 unspecified atom stereocenters. The fourth-order valence-electron chi connectivity index (χ4n) is 3.23. The molecule has 2 heterocycles. The van der Waals surface area contributed by atoms with Crippen molar-refractivity contribution in [1.82, 2.24) is 14.5 Å². The molecule has 5 nitrogen and oxygen atoms in total. The zero-order valence-electron chi connectivity index (χ0n) is 13.5. The van der Waals surface area contributed by atoms with Gasteiger partial charge in [0.1, 0.15) is 0 Å². The lowest BCUT2D eigenvalue weighted by molar-refractivity contribution is 0.316. The number of imidazole rings is 1. The average Bonchev–Trinajstić information content (AvgIpc) is 3.16. The second-order valence-electron chi connectivity index (χ2n) is 5.80. The molecule has 22 heavy (non-hydrogen) atoms. The molecule has 0 bridgehead atoms. The second-order valence-corrected chi connectivity index (χ2v) is 5.80. The lowest BCUT2D eigenvalue weighted by Gasteiger charge is -2.19. The Bertz CT molecular complexity index is 639. The van der Waals surface area contributed by atoms with E-state index in [-0.39, 0.29) is 0 Å². The van der Waals surface area contributed by atoms with Gasteiger partial charge in [0.05, 0.1) is 26.2 Å². The molecule has 2 aromatic rings. The van der Waals surface area contributed by atoms with Gasteiger partial charge in [-0.3, -0.25) is 4.90 Å². The Morgan fingerprint density at radius 3 is 2.82 bits per heavy atom. The van der Waals surface area contributed by atoms with Crippen LogP contribution in [0, 0.1) is 0 Å². The van der Waals surface area contributed by atoms with Gasteiger partial charge in [-0.2, -0.15) is 0 Å². The SMILES string of the molecule is COc1cccc([C@@H]2CCN(Cc3cncn3C)C2)c1OC. The predicted octanol–water partition coefficient (Wildman–Crippen LogP) is 2.43. The van der Waals surface area contributed by atoms with Gasteiger partial charge in [-0.15, -0.1) is 0 Å². The Morgan fingerprint density at radius 2 is 2.14 bits per heavy atom. The number of nitrogens with zero attached hydrogens (tertiary/aromatic N) is 3. The fourth-order valence-corrected chi connectivity index (χ4v) is 3.23. The molecule has 1 fully saturated rings. The third kappa shape index (κ3) is 2.81. The highest BCUT2D eigenvalue weighted by atomic mass is 16.5. The number of para-hydroxylation sites is 1. The van der Waals surface area contributed by atoms with Crippen LogP contribution in [0.4, 0.5) is 0 Å². The highest BCUT2D eigenvalue weighted by molar-refractivity contribution is 5.48. The van der Waals surface area contributed by atoms with E-state index in [0.29, 0.717) is 5.92 Å². The van der Waals surface area contributed by atoms with Gasteiger partial charge in [0, 0.05) is 37.8 Å². The Balaban J connectivity index is 1.74. The molecule has 1 aliphatic rings. The maximum Gasteiger partial charge on any atom is 0.164 e. The number of hydrogen-bond acceptors (Lipinski definition) is 4. The summed E-state index contributed by atoms with van der Waals surface area (Å²) in [7, 11) is 5.44. The molecule has 3 rings (SSSR count). The zero-order chi connectivity index (χ0) is 15.5. The summed E-state index contributed by atoms with van der Waals surface area (Å²) in [5.74, 6) is 2.17. The molecule has 1 aliphatic heterocycles. The summed E-state index contributed by atoms with van der Waals surface area (Å²) in [6.07, 6.45) is 4.94. The van der Waals surface area contributed by atoms with Crippen LogP contribution in [-0.4, -0.2) is 41.8 Å². The van der Waals surface area contributed by atoms with Gasteiger partial charge in [0.25, 0.3) is 0 Å². The van der Waals surface area contributed by atoms with Gasteiger partial charge in [0.2, 0.25) is 0 Å². The van der Waals surface area contributed by atoms with Crippen molar-refractivity contribution in [2.45, 2.75) is 18.9 Å². The summed E-state index contributed by atoms with van der Waals surface area (Å²) in [5, 5.41) is 0. The molecular weight excluding hydrogens is 278 g/mol. The topological polar surface area (TPSA) is 39.5 Å². The predicted molar refractivity (Wildman–Crippen MR) is 85.4 cm³/mol. The quantitative estimate of drug-likeness (QED) is 0.850. The van der Waals surface area contributed by atoms with Crippen molar-refractivity contribution >= 4 is 0 Å². The van der Waals surface area contributed by atoms with Crippen LogP contribution in [-0.2, 0) is 13.6 Å². The maximum absolute atomic E-state index is 5.58. The molecule has 1 atom stereocenters. The minimum absolute atomic E-state index is 0.485. The van der Waals surface area contributed by atoms with E-state index in [1.54, 1.807) is 14.2 Å². The summed E-state index contributed by atoms with van der Waals surface area (Å²) in [4.78, 5) is 6.66. The highest BCUT2D eigenvalue weighted by Gasteiger charge is 2.27. The van der Waals surface area contributed by atoms with E-state index in [1.165, 1.54) is 11.3 Å². The van der Waals surface area contributed by atoms with E-state index < -0.39 is 0 Å². The van der Waals surface area contributed by atoms with Crippen LogP contribution in [0.3, 0.4) is 0 Å². The number of rotatable bonds is 5. The van der Waals surface area contributed by atoms with E-state index >= 15 is 0 Å². The third-order valence-corrected chi connectivity index (χ3v) is 4.45. The molecule has 1 aromatic carbocycles. The number of likely N-dealkylation sites (tertiary alicyclic amines) is 1. The highest BCUT2D eigenvalue weighted by Crippen LogP contribution is 2.39. The first-order chi connectivity index (χ1) is 10.7. The fraction of sp³-hybridized carbons (Fsp3) is 0.471. The summed E-state index contributed by atoms with van der Waals surface area (Å²) >= 11 is 0. The molecule has 1 saturated heterocycles. The number of hydrogen-bond donors (Lipinski definition) is 0. The van der Waals surface area contributed by atoms with E-state index in [4.69, 9.17) is 9.47 Å². The van der Waals surface area contributed by atoms with Gasteiger partial charge >= 0.3 is 0 Å². The van der Waals surface area contributed by atoms with Crippen LogP contribution < -0.4 is 9.47 Å². The summed E-state index contributed by atoms with van der Waals surface area (Å²) < 4.78 is 13.1. The second kappa shape index (κ2) is 6.40. The molecule has 5 heteroatoms. The first kappa shape index (κ1) is 14.9. The smallest absolute Gasteiger partial charge is 0.164 e. The number of aryl methyl sites for hydroxylation is 1. The zero-order valence-corrected chi connectivity index (χ0v) is 13.5. The number of aromatic nitrogens is 2. The van der Waals surface area contributed by atoms with Crippen molar-refractivity contribution in [2.24, 2.45) is 7.05 Å². The first-order valence-electron chi connectivity index (χ1n) is 7.61. The largest absolute Gasteiger partial charge is 0.493 e. The van der Waals surface area contributed by atoms with Gasteiger partial charge in [-0.25, -0.2) is 4.98 Å². The lowest BCUT2D eigenvalue weighted by atomic mass is 9.97. The average molecular weight is 301 g/mol. The van der Waals surface area contributed by atoms with Crippen molar-refractivity contribution in [3.8, 4) is 11.5 Å². The summed E-state index contributed by atoms with van der Waals surface area (Å²) in [5.41, 5.74) is 2.49. The van der Waals surface area contributed by atoms with Crippen molar-refractivity contribution in [1.29, 1.82) is 0 Å². The van der Waals surface area contributed by atoms with E-state index in [0.717, 1.165) is 37.6 Å². The van der Waals surface area contributed by atoms with Crippen LogP contribution in [0.1, 0.15) is 23.6 Å². The Hall–Kier alpha value is -2.01.